The number of anilines is 1. The van der Waals surface area contributed by atoms with Crippen molar-refractivity contribution in [2.24, 2.45) is 0 Å². The Morgan fingerprint density at radius 1 is 1.20 bits per heavy atom. The number of carbonyl (C=O) groups excluding carboxylic acids is 1. The summed E-state index contributed by atoms with van der Waals surface area (Å²) in [6.07, 6.45) is 1.13. The SMILES string of the molecule is CCC[NH2+]Cc1cc(OC)c(OCC(=O)Nc2ccccc2)cc1Br. The summed E-state index contributed by atoms with van der Waals surface area (Å²) in [5, 5.41) is 5.03. The molecule has 1 amide bonds. The number of hydrogen-bond donors (Lipinski definition) is 2. The summed E-state index contributed by atoms with van der Waals surface area (Å²) in [5.41, 5.74) is 1.87. The molecule has 5 nitrogen and oxygen atoms in total. The Kier molecular flexibility index (Phi) is 7.76. The van der Waals surface area contributed by atoms with Crippen LogP contribution in [0.4, 0.5) is 5.69 Å². The van der Waals surface area contributed by atoms with Gasteiger partial charge in [0, 0.05) is 15.7 Å². The molecule has 0 bridgehead atoms. The van der Waals surface area contributed by atoms with E-state index in [-0.39, 0.29) is 12.5 Å². The van der Waals surface area contributed by atoms with Crippen molar-refractivity contribution in [1.29, 1.82) is 0 Å². The van der Waals surface area contributed by atoms with E-state index in [9.17, 15) is 4.79 Å². The molecule has 2 aromatic carbocycles. The van der Waals surface area contributed by atoms with Crippen LogP contribution in [0, 0.1) is 0 Å². The minimum atomic E-state index is -0.218. The maximum Gasteiger partial charge on any atom is 0.262 e. The molecule has 134 valence electrons. The predicted octanol–water partition coefficient (Wildman–Crippen LogP) is 2.95. The first-order valence-electron chi connectivity index (χ1n) is 8.29. The average Bonchev–Trinajstić information content (AvgIpc) is 2.62. The second-order valence-corrected chi connectivity index (χ2v) is 6.43. The van der Waals surface area contributed by atoms with Crippen molar-refractivity contribution in [3.05, 3.63) is 52.5 Å². The first kappa shape index (κ1) is 19.3. The summed E-state index contributed by atoms with van der Waals surface area (Å²) >= 11 is 3.57. The third-order valence-electron chi connectivity index (χ3n) is 3.61. The number of quaternary nitrogens is 1. The summed E-state index contributed by atoms with van der Waals surface area (Å²) in [7, 11) is 1.60. The monoisotopic (exact) mass is 407 g/mol. The smallest absolute Gasteiger partial charge is 0.262 e. The van der Waals surface area contributed by atoms with Gasteiger partial charge in [-0.25, -0.2) is 0 Å². The lowest BCUT2D eigenvalue weighted by Gasteiger charge is -2.13. The highest BCUT2D eigenvalue weighted by molar-refractivity contribution is 9.10. The number of carbonyl (C=O) groups is 1. The molecule has 3 N–H and O–H groups in total. The zero-order chi connectivity index (χ0) is 18.1. The highest BCUT2D eigenvalue weighted by atomic mass is 79.9. The topological polar surface area (TPSA) is 64.2 Å². The zero-order valence-electron chi connectivity index (χ0n) is 14.5. The Hall–Kier alpha value is -2.05. The van der Waals surface area contributed by atoms with Gasteiger partial charge in [-0.1, -0.05) is 41.1 Å². The molecule has 0 unspecified atom stereocenters. The van der Waals surface area contributed by atoms with E-state index in [0.29, 0.717) is 11.5 Å². The third kappa shape index (κ3) is 6.07. The van der Waals surface area contributed by atoms with Gasteiger partial charge in [0.15, 0.2) is 18.1 Å². The summed E-state index contributed by atoms with van der Waals surface area (Å²) in [6.45, 7) is 4.01. The standard InChI is InChI=1S/C19H23BrN2O3/c1-3-9-21-12-14-10-17(24-2)18(11-16(14)20)25-13-19(23)22-15-7-5-4-6-8-15/h4-8,10-11,21H,3,9,12-13H2,1-2H3,(H,22,23)/p+1. The highest BCUT2D eigenvalue weighted by Gasteiger charge is 2.13. The van der Waals surface area contributed by atoms with Crippen molar-refractivity contribution >= 4 is 27.5 Å². The van der Waals surface area contributed by atoms with Gasteiger partial charge in [-0.2, -0.15) is 0 Å². The van der Waals surface area contributed by atoms with Crippen molar-refractivity contribution < 1.29 is 19.6 Å². The van der Waals surface area contributed by atoms with Crippen LogP contribution in [0.15, 0.2) is 46.9 Å². The molecule has 25 heavy (non-hydrogen) atoms. The molecule has 0 saturated heterocycles. The van der Waals surface area contributed by atoms with Crippen LogP contribution in [0.3, 0.4) is 0 Å². The molecule has 2 aromatic rings. The Morgan fingerprint density at radius 2 is 1.96 bits per heavy atom. The van der Waals surface area contributed by atoms with Gasteiger partial charge in [0.05, 0.1) is 13.7 Å². The van der Waals surface area contributed by atoms with E-state index in [1.165, 1.54) is 0 Å². The van der Waals surface area contributed by atoms with Crippen LogP contribution >= 0.6 is 15.9 Å². The van der Waals surface area contributed by atoms with Crippen LogP contribution in [0.1, 0.15) is 18.9 Å². The fourth-order valence-electron chi connectivity index (χ4n) is 2.33. The quantitative estimate of drug-likeness (QED) is 0.628. The molecule has 0 heterocycles. The second kappa shape index (κ2) is 10.1. The van der Waals surface area contributed by atoms with Gasteiger partial charge < -0.3 is 20.1 Å². The van der Waals surface area contributed by atoms with E-state index in [4.69, 9.17) is 9.47 Å². The Morgan fingerprint density at radius 3 is 2.64 bits per heavy atom. The van der Waals surface area contributed by atoms with Gasteiger partial charge in [0.25, 0.3) is 5.91 Å². The highest BCUT2D eigenvalue weighted by Crippen LogP contribution is 2.33. The molecule has 6 heteroatoms. The number of hydrogen-bond acceptors (Lipinski definition) is 3. The lowest BCUT2D eigenvalue weighted by Crippen LogP contribution is -2.82. The number of methoxy groups -OCH3 is 1. The fraction of sp³-hybridized carbons (Fsp3) is 0.316. The van der Waals surface area contributed by atoms with E-state index in [1.807, 2.05) is 42.5 Å². The van der Waals surface area contributed by atoms with E-state index < -0.39 is 0 Å². The largest absolute Gasteiger partial charge is 0.493 e. The lowest BCUT2D eigenvalue weighted by molar-refractivity contribution is -0.670. The van der Waals surface area contributed by atoms with Crippen molar-refractivity contribution in [1.82, 2.24) is 0 Å². The van der Waals surface area contributed by atoms with E-state index >= 15 is 0 Å². The Bertz CT molecular complexity index is 693. The molecule has 0 aromatic heterocycles. The molecule has 0 saturated carbocycles. The molecule has 2 rings (SSSR count). The van der Waals surface area contributed by atoms with Crippen molar-refractivity contribution in [3.8, 4) is 11.5 Å². The van der Waals surface area contributed by atoms with E-state index in [1.54, 1.807) is 7.11 Å². The minimum absolute atomic E-state index is 0.0843. The first-order chi connectivity index (χ1) is 12.1. The maximum absolute atomic E-state index is 12.0. The molecule has 0 fully saturated rings. The molecule has 0 aliphatic heterocycles. The van der Waals surface area contributed by atoms with Gasteiger partial charge in [0.2, 0.25) is 0 Å². The Balaban J connectivity index is 1.98. The van der Waals surface area contributed by atoms with Crippen molar-refractivity contribution in [3.63, 3.8) is 0 Å². The average molecular weight is 408 g/mol. The Labute approximate surface area is 156 Å². The zero-order valence-corrected chi connectivity index (χ0v) is 16.1. The van der Waals surface area contributed by atoms with Crippen LogP contribution in [-0.2, 0) is 11.3 Å². The summed E-state index contributed by atoms with van der Waals surface area (Å²) in [4.78, 5) is 12.0. The molecular weight excluding hydrogens is 384 g/mol. The molecule has 0 aliphatic carbocycles. The maximum atomic E-state index is 12.0. The molecule has 0 spiro atoms. The first-order valence-corrected chi connectivity index (χ1v) is 9.09. The normalized spacial score (nSPS) is 10.4. The van der Waals surface area contributed by atoms with Gasteiger partial charge in [0.1, 0.15) is 6.54 Å². The van der Waals surface area contributed by atoms with Gasteiger partial charge in [-0.15, -0.1) is 0 Å². The summed E-state index contributed by atoms with van der Waals surface area (Å²) in [5.74, 6) is 0.942. The van der Waals surface area contributed by atoms with Crippen LogP contribution < -0.4 is 20.1 Å². The second-order valence-electron chi connectivity index (χ2n) is 5.58. The molecule has 0 radical (unpaired) electrons. The van der Waals surface area contributed by atoms with Gasteiger partial charge in [-0.05, 0) is 30.7 Å². The molecule has 0 aliphatic rings. The number of benzene rings is 2. The molecule has 0 atom stereocenters. The van der Waals surface area contributed by atoms with Crippen molar-refractivity contribution in [2.75, 3.05) is 25.6 Å². The number of rotatable bonds is 9. The number of para-hydroxylation sites is 1. The number of nitrogens with one attached hydrogen (secondary N) is 1. The van der Waals surface area contributed by atoms with Gasteiger partial charge >= 0.3 is 0 Å². The fourth-order valence-corrected chi connectivity index (χ4v) is 2.81. The third-order valence-corrected chi connectivity index (χ3v) is 4.34. The van der Waals surface area contributed by atoms with Crippen LogP contribution in [0.2, 0.25) is 0 Å². The number of amides is 1. The summed E-state index contributed by atoms with van der Waals surface area (Å²) in [6, 6.07) is 13.1. The lowest BCUT2D eigenvalue weighted by atomic mass is 10.2. The van der Waals surface area contributed by atoms with E-state index in [2.05, 4.69) is 33.5 Å². The van der Waals surface area contributed by atoms with Crippen LogP contribution in [0.25, 0.3) is 0 Å². The van der Waals surface area contributed by atoms with E-state index in [0.717, 1.165) is 35.2 Å². The summed E-state index contributed by atoms with van der Waals surface area (Å²) < 4.78 is 12.0. The predicted molar refractivity (Wildman–Crippen MR) is 102 cm³/mol. The van der Waals surface area contributed by atoms with Crippen molar-refractivity contribution in [2.45, 2.75) is 19.9 Å². The van der Waals surface area contributed by atoms with Gasteiger partial charge in [-0.3, -0.25) is 4.79 Å². The van der Waals surface area contributed by atoms with Crippen LogP contribution in [-0.4, -0.2) is 26.2 Å². The minimum Gasteiger partial charge on any atom is -0.493 e. The number of nitrogens with two attached hydrogens (primary N) is 1. The number of ether oxygens (including phenoxy) is 2. The number of halogens is 1. The molecular formula is C19H24BrN2O3+. The van der Waals surface area contributed by atoms with Crippen LogP contribution in [0.5, 0.6) is 11.5 Å².